The fraction of sp³-hybridized carbons (Fsp3) is 0.308. The molecule has 0 aliphatic carbocycles. The minimum Gasteiger partial charge on any atom is -0.480 e. The zero-order valence-corrected chi connectivity index (χ0v) is 21.0. The first kappa shape index (κ1) is 28.8. The maximum absolute atomic E-state index is 13.6. The van der Waals surface area contributed by atoms with Crippen LogP contribution in [0.15, 0.2) is 64.2 Å². The highest BCUT2D eigenvalue weighted by atomic mass is 16.4. The number of H-pyrrole nitrogens is 1. The number of carboxylic acid groups (broad SMARTS) is 1. The van der Waals surface area contributed by atoms with Gasteiger partial charge in [0.2, 0.25) is 17.7 Å². The lowest BCUT2D eigenvalue weighted by molar-refractivity contribution is -0.145. The van der Waals surface area contributed by atoms with E-state index >= 15 is 0 Å². The monoisotopic (exact) mass is 539 g/mol. The van der Waals surface area contributed by atoms with Gasteiger partial charge in [-0.05, 0) is 31.0 Å². The normalized spacial score (nSPS) is 14.1. The summed E-state index contributed by atoms with van der Waals surface area (Å²) in [6.45, 7) is 1.16. The number of aromatic nitrogens is 2. The number of amides is 3. The van der Waals surface area contributed by atoms with E-state index in [-0.39, 0.29) is 30.2 Å². The molecule has 7 N–H and O–H groups in total. The molecule has 13 nitrogen and oxygen atoms in total. The number of nitrogens with zero attached hydrogens (tertiary/aromatic N) is 1. The molecular formula is C26H29N5O8. The van der Waals surface area contributed by atoms with Gasteiger partial charge in [-0.1, -0.05) is 42.5 Å². The number of rotatable bonds is 12. The van der Waals surface area contributed by atoms with Crippen molar-refractivity contribution in [3.05, 3.63) is 81.0 Å². The van der Waals surface area contributed by atoms with Crippen LogP contribution in [0.3, 0.4) is 0 Å². The Morgan fingerprint density at radius 1 is 0.974 bits per heavy atom. The Labute approximate surface area is 221 Å². The summed E-state index contributed by atoms with van der Waals surface area (Å²) >= 11 is 0. The lowest BCUT2D eigenvalue weighted by Gasteiger charge is -2.25. The maximum Gasteiger partial charge on any atom is 0.329 e. The number of hydrogen-bond donors (Lipinski definition) is 6. The quantitative estimate of drug-likeness (QED) is 0.170. The SMILES string of the molecule is C[C@@H](O)[C@H](NC(=O)[C@H](CCC(N)=O)NC(=O)[C@H](Cc1ccccc1)n1c(=O)[nH]c2ccccc2c1=O)C(=O)O. The number of nitrogens with one attached hydrogen (secondary N) is 3. The molecule has 13 heteroatoms. The van der Waals surface area contributed by atoms with Gasteiger partial charge in [-0.15, -0.1) is 0 Å². The molecule has 0 saturated carbocycles. The van der Waals surface area contributed by atoms with E-state index in [1.165, 1.54) is 6.07 Å². The molecule has 0 fully saturated rings. The Hall–Kier alpha value is -4.78. The van der Waals surface area contributed by atoms with Crippen LogP contribution in [0.1, 0.15) is 31.4 Å². The molecule has 0 radical (unpaired) electrons. The first-order valence-electron chi connectivity index (χ1n) is 12.1. The van der Waals surface area contributed by atoms with Crippen molar-refractivity contribution in [2.75, 3.05) is 0 Å². The van der Waals surface area contributed by atoms with Gasteiger partial charge < -0.3 is 31.6 Å². The average Bonchev–Trinajstić information content (AvgIpc) is 2.88. The number of para-hydroxylation sites is 1. The summed E-state index contributed by atoms with van der Waals surface area (Å²) < 4.78 is 0.754. The lowest BCUT2D eigenvalue weighted by Crippen LogP contribution is -2.56. The van der Waals surface area contributed by atoms with Crippen molar-refractivity contribution in [2.24, 2.45) is 5.73 Å². The number of nitrogens with two attached hydrogens (primary N) is 1. The molecule has 39 heavy (non-hydrogen) atoms. The number of aliphatic carboxylic acids is 1. The minimum atomic E-state index is -1.70. The number of aliphatic hydroxyl groups excluding tert-OH is 1. The van der Waals surface area contributed by atoms with Crippen molar-refractivity contribution in [3.8, 4) is 0 Å². The Kier molecular flexibility index (Phi) is 9.33. The third kappa shape index (κ3) is 7.17. The molecule has 0 bridgehead atoms. The number of fused-ring (bicyclic) bond motifs is 1. The molecule has 0 aliphatic heterocycles. The molecule has 0 saturated heterocycles. The zero-order chi connectivity index (χ0) is 28.7. The van der Waals surface area contributed by atoms with E-state index in [9.17, 15) is 39.0 Å². The molecule has 4 atom stereocenters. The largest absolute Gasteiger partial charge is 0.480 e. The Morgan fingerprint density at radius 2 is 1.62 bits per heavy atom. The van der Waals surface area contributed by atoms with Crippen LogP contribution in [0.5, 0.6) is 0 Å². The summed E-state index contributed by atoms with van der Waals surface area (Å²) in [7, 11) is 0. The van der Waals surface area contributed by atoms with Crippen LogP contribution in [0, 0.1) is 0 Å². The second-order valence-corrected chi connectivity index (χ2v) is 8.99. The Morgan fingerprint density at radius 3 is 2.23 bits per heavy atom. The van der Waals surface area contributed by atoms with E-state index in [1.807, 2.05) is 0 Å². The van der Waals surface area contributed by atoms with Crippen LogP contribution in [-0.2, 0) is 25.6 Å². The van der Waals surface area contributed by atoms with Crippen LogP contribution in [-0.4, -0.2) is 61.6 Å². The fourth-order valence-electron chi connectivity index (χ4n) is 4.06. The topological polar surface area (TPSA) is 214 Å². The molecule has 0 unspecified atom stereocenters. The number of benzene rings is 2. The van der Waals surface area contributed by atoms with E-state index in [1.54, 1.807) is 48.5 Å². The summed E-state index contributed by atoms with van der Waals surface area (Å²) in [6, 6.07) is 10.2. The zero-order valence-electron chi connectivity index (χ0n) is 21.0. The van der Waals surface area contributed by atoms with Crippen molar-refractivity contribution in [3.63, 3.8) is 0 Å². The number of carbonyl (C=O) groups is 4. The van der Waals surface area contributed by atoms with Crippen molar-refractivity contribution < 1.29 is 29.4 Å². The van der Waals surface area contributed by atoms with Crippen molar-refractivity contribution in [1.82, 2.24) is 20.2 Å². The molecule has 3 rings (SSSR count). The predicted molar refractivity (Wildman–Crippen MR) is 140 cm³/mol. The van der Waals surface area contributed by atoms with Gasteiger partial charge in [0, 0.05) is 12.8 Å². The van der Waals surface area contributed by atoms with Gasteiger partial charge in [0.1, 0.15) is 12.1 Å². The summed E-state index contributed by atoms with van der Waals surface area (Å²) in [6.07, 6.45) is -2.23. The van der Waals surface area contributed by atoms with Crippen molar-refractivity contribution in [1.29, 1.82) is 0 Å². The summed E-state index contributed by atoms with van der Waals surface area (Å²) in [4.78, 5) is 78.4. The second-order valence-electron chi connectivity index (χ2n) is 8.99. The third-order valence-electron chi connectivity index (χ3n) is 6.08. The van der Waals surface area contributed by atoms with Gasteiger partial charge in [-0.2, -0.15) is 0 Å². The molecule has 0 aliphatic rings. The summed E-state index contributed by atoms with van der Waals surface area (Å²) in [5, 5.41) is 23.8. The number of carbonyl (C=O) groups excluding carboxylic acids is 3. The van der Waals surface area contributed by atoms with Crippen LogP contribution in [0.2, 0.25) is 0 Å². The van der Waals surface area contributed by atoms with Crippen LogP contribution in [0.25, 0.3) is 10.9 Å². The highest BCUT2D eigenvalue weighted by Crippen LogP contribution is 2.15. The van der Waals surface area contributed by atoms with Gasteiger partial charge >= 0.3 is 11.7 Å². The molecule has 0 spiro atoms. The van der Waals surface area contributed by atoms with E-state index < -0.39 is 59.2 Å². The number of aliphatic hydroxyl groups is 1. The van der Waals surface area contributed by atoms with Gasteiger partial charge in [0.25, 0.3) is 5.56 Å². The number of carboxylic acids is 1. The molecule has 1 aromatic heterocycles. The van der Waals surface area contributed by atoms with Crippen molar-refractivity contribution in [2.45, 2.75) is 50.4 Å². The number of aromatic amines is 1. The average molecular weight is 540 g/mol. The second kappa shape index (κ2) is 12.6. The van der Waals surface area contributed by atoms with Crippen molar-refractivity contribution >= 4 is 34.6 Å². The lowest BCUT2D eigenvalue weighted by atomic mass is 10.0. The Bertz CT molecular complexity index is 1480. The van der Waals surface area contributed by atoms with Crippen LogP contribution < -0.4 is 27.6 Å². The van der Waals surface area contributed by atoms with Gasteiger partial charge in [-0.3, -0.25) is 19.2 Å². The first-order chi connectivity index (χ1) is 18.5. The highest BCUT2D eigenvalue weighted by Gasteiger charge is 2.32. The highest BCUT2D eigenvalue weighted by molar-refractivity contribution is 5.92. The van der Waals surface area contributed by atoms with E-state index in [0.717, 1.165) is 11.5 Å². The molecule has 3 amide bonds. The standard InChI is InChI=1S/C26H29N5O8/c1-14(32)21(25(37)38)30-22(34)18(11-12-20(27)33)28-23(35)19(13-15-7-3-2-4-8-15)31-24(36)16-9-5-6-10-17(16)29-26(31)39/h2-10,14,18-19,21,32H,11-13H2,1H3,(H2,27,33)(H,28,35)(H,29,39)(H,30,34)(H,37,38)/t14-,18+,19+,21+/m1/s1. The molecular weight excluding hydrogens is 510 g/mol. The molecule has 206 valence electrons. The van der Waals surface area contributed by atoms with E-state index in [0.29, 0.717) is 5.56 Å². The maximum atomic E-state index is 13.6. The summed E-state index contributed by atoms with van der Waals surface area (Å²) in [5.41, 5.74) is 4.50. The Balaban J connectivity index is 2.02. The van der Waals surface area contributed by atoms with Gasteiger partial charge in [-0.25, -0.2) is 14.2 Å². The molecule has 1 heterocycles. The first-order valence-corrected chi connectivity index (χ1v) is 12.1. The smallest absolute Gasteiger partial charge is 0.329 e. The third-order valence-corrected chi connectivity index (χ3v) is 6.08. The van der Waals surface area contributed by atoms with Crippen LogP contribution in [0.4, 0.5) is 0 Å². The fourth-order valence-corrected chi connectivity index (χ4v) is 4.06. The van der Waals surface area contributed by atoms with E-state index in [4.69, 9.17) is 5.73 Å². The molecule has 3 aromatic rings. The van der Waals surface area contributed by atoms with Crippen LogP contribution >= 0.6 is 0 Å². The number of hydrogen-bond acceptors (Lipinski definition) is 7. The molecule has 2 aromatic carbocycles. The predicted octanol–water partition coefficient (Wildman–Crippen LogP) is -0.826. The van der Waals surface area contributed by atoms with Gasteiger partial charge in [0.05, 0.1) is 17.0 Å². The summed E-state index contributed by atoms with van der Waals surface area (Å²) in [5.74, 6) is -4.21. The van der Waals surface area contributed by atoms with E-state index in [2.05, 4.69) is 15.6 Å². The minimum absolute atomic E-state index is 0.108. The number of primary amides is 1. The van der Waals surface area contributed by atoms with Gasteiger partial charge in [0.15, 0.2) is 6.04 Å².